The number of hydrogen-bond donors (Lipinski definition) is 2. The van der Waals surface area contributed by atoms with Crippen LogP contribution in [0.2, 0.25) is 0 Å². The quantitative estimate of drug-likeness (QED) is 0.783. The number of aromatic nitrogens is 1. The Morgan fingerprint density at radius 3 is 2.62 bits per heavy atom. The molecule has 0 radical (unpaired) electrons. The van der Waals surface area contributed by atoms with Gasteiger partial charge >= 0.3 is 5.97 Å². The second-order valence-corrected chi connectivity index (χ2v) is 6.73. The first-order valence-electron chi connectivity index (χ1n) is 6.94. The van der Waals surface area contributed by atoms with Gasteiger partial charge in [-0.25, -0.2) is 17.9 Å². The molecule has 8 heteroatoms. The van der Waals surface area contributed by atoms with Crippen LogP contribution < -0.4 is 4.72 Å². The molecule has 1 aromatic rings. The molecule has 1 heterocycles. The molecule has 1 aliphatic carbocycles. The molecule has 21 heavy (non-hydrogen) atoms. The van der Waals surface area contributed by atoms with Crippen molar-refractivity contribution in [2.75, 3.05) is 6.61 Å². The highest BCUT2D eigenvalue weighted by Crippen LogP contribution is 2.25. The fraction of sp³-hybridized carbons (Fsp3) is 0.615. The highest BCUT2D eigenvalue weighted by atomic mass is 32.2. The zero-order chi connectivity index (χ0) is 15.6. The number of carboxylic acid groups (broad SMARTS) is 1. The fourth-order valence-corrected chi connectivity index (χ4v) is 3.69. The standard InChI is InChI=1S/C13H20N2O5S/c1-3-15-8-11(7-12(15)13(16)17)21(18,19)14-9-5-10(6-9)20-4-2/h7-10,14H,3-6H2,1-2H3,(H,16,17). The van der Waals surface area contributed by atoms with Crippen molar-refractivity contribution in [3.05, 3.63) is 18.0 Å². The van der Waals surface area contributed by atoms with E-state index in [0.717, 1.165) is 0 Å². The van der Waals surface area contributed by atoms with Crippen molar-refractivity contribution in [2.24, 2.45) is 0 Å². The summed E-state index contributed by atoms with van der Waals surface area (Å²) < 4.78 is 33.9. The lowest BCUT2D eigenvalue weighted by Gasteiger charge is -2.34. The van der Waals surface area contributed by atoms with Crippen LogP contribution in [0.1, 0.15) is 37.2 Å². The number of aromatic carboxylic acids is 1. The van der Waals surface area contributed by atoms with Crippen LogP contribution in [0.25, 0.3) is 0 Å². The van der Waals surface area contributed by atoms with Crippen molar-refractivity contribution >= 4 is 16.0 Å². The number of sulfonamides is 1. The Bertz CT molecular complexity index is 617. The predicted octanol–water partition coefficient (Wildman–Crippen LogP) is 1.05. The van der Waals surface area contributed by atoms with Gasteiger partial charge in [0, 0.05) is 25.4 Å². The van der Waals surface area contributed by atoms with E-state index in [2.05, 4.69) is 4.72 Å². The lowest BCUT2D eigenvalue weighted by molar-refractivity contribution is -0.00476. The zero-order valence-electron chi connectivity index (χ0n) is 12.1. The first-order chi connectivity index (χ1) is 9.87. The Morgan fingerprint density at radius 2 is 2.14 bits per heavy atom. The van der Waals surface area contributed by atoms with Crippen LogP contribution in [-0.4, -0.2) is 42.8 Å². The maximum absolute atomic E-state index is 12.2. The van der Waals surface area contributed by atoms with E-state index in [1.807, 2.05) is 6.92 Å². The number of hydrogen-bond acceptors (Lipinski definition) is 4. The summed E-state index contributed by atoms with van der Waals surface area (Å²) in [7, 11) is -3.69. The van der Waals surface area contributed by atoms with Crippen molar-refractivity contribution < 1.29 is 23.1 Å². The molecule has 7 nitrogen and oxygen atoms in total. The molecule has 0 spiro atoms. The lowest BCUT2D eigenvalue weighted by atomic mass is 9.90. The van der Waals surface area contributed by atoms with Gasteiger partial charge in [-0.1, -0.05) is 0 Å². The molecule has 0 atom stereocenters. The van der Waals surface area contributed by atoms with Crippen molar-refractivity contribution in [1.29, 1.82) is 0 Å². The van der Waals surface area contributed by atoms with E-state index in [1.54, 1.807) is 6.92 Å². The molecule has 2 N–H and O–H groups in total. The molecule has 1 aliphatic rings. The van der Waals surface area contributed by atoms with E-state index >= 15 is 0 Å². The minimum absolute atomic E-state index is 0.0124. The molecule has 1 saturated carbocycles. The van der Waals surface area contributed by atoms with Crippen molar-refractivity contribution in [2.45, 2.75) is 50.3 Å². The second kappa shape index (κ2) is 6.17. The average molecular weight is 316 g/mol. The summed E-state index contributed by atoms with van der Waals surface area (Å²) in [5.74, 6) is -1.14. The van der Waals surface area contributed by atoms with Crippen LogP contribution >= 0.6 is 0 Å². The van der Waals surface area contributed by atoms with Gasteiger partial charge in [0.2, 0.25) is 10.0 Å². The molecule has 1 aromatic heterocycles. The molecule has 0 aliphatic heterocycles. The minimum Gasteiger partial charge on any atom is -0.477 e. The number of aryl methyl sites for hydroxylation is 1. The summed E-state index contributed by atoms with van der Waals surface area (Å²) >= 11 is 0. The van der Waals surface area contributed by atoms with E-state index in [9.17, 15) is 13.2 Å². The topological polar surface area (TPSA) is 97.6 Å². The maximum atomic E-state index is 12.2. The third-order valence-corrected chi connectivity index (χ3v) is 5.05. The molecule has 0 amide bonds. The van der Waals surface area contributed by atoms with Crippen molar-refractivity contribution in [1.82, 2.24) is 9.29 Å². The molecule has 0 unspecified atom stereocenters. The number of nitrogens with zero attached hydrogens (tertiary/aromatic N) is 1. The van der Waals surface area contributed by atoms with Gasteiger partial charge in [-0.3, -0.25) is 0 Å². The number of carboxylic acids is 1. The molecular weight excluding hydrogens is 296 g/mol. The first kappa shape index (κ1) is 16.0. The van der Waals surface area contributed by atoms with E-state index < -0.39 is 16.0 Å². The van der Waals surface area contributed by atoms with Crippen LogP contribution in [0.4, 0.5) is 0 Å². The highest BCUT2D eigenvalue weighted by Gasteiger charge is 2.33. The Balaban J connectivity index is 2.08. The van der Waals surface area contributed by atoms with Gasteiger partial charge in [0.15, 0.2) is 0 Å². The van der Waals surface area contributed by atoms with Gasteiger partial charge in [-0.05, 0) is 32.8 Å². The van der Waals surface area contributed by atoms with Crippen LogP contribution in [-0.2, 0) is 21.3 Å². The summed E-state index contributed by atoms with van der Waals surface area (Å²) in [6.07, 6.45) is 2.75. The molecular formula is C13H20N2O5S. The van der Waals surface area contributed by atoms with Crippen LogP contribution in [0, 0.1) is 0 Å². The number of ether oxygens (including phenoxy) is 1. The minimum atomic E-state index is -3.69. The van der Waals surface area contributed by atoms with E-state index in [4.69, 9.17) is 9.84 Å². The number of nitrogens with one attached hydrogen (secondary N) is 1. The highest BCUT2D eigenvalue weighted by molar-refractivity contribution is 7.89. The average Bonchev–Trinajstić information content (AvgIpc) is 2.81. The molecule has 118 valence electrons. The summed E-state index contributed by atoms with van der Waals surface area (Å²) in [5, 5.41) is 9.06. The second-order valence-electron chi connectivity index (χ2n) is 5.02. The summed E-state index contributed by atoms with van der Waals surface area (Å²) in [4.78, 5) is 11.1. The van der Waals surface area contributed by atoms with E-state index in [0.29, 0.717) is 26.0 Å². The Labute approximate surface area is 124 Å². The predicted molar refractivity (Wildman–Crippen MR) is 75.8 cm³/mol. The van der Waals surface area contributed by atoms with Gasteiger partial charge in [0.05, 0.1) is 6.10 Å². The fourth-order valence-electron chi connectivity index (χ4n) is 2.39. The summed E-state index contributed by atoms with van der Waals surface area (Å²) in [6.45, 7) is 4.67. The van der Waals surface area contributed by atoms with Crippen LogP contribution in [0.5, 0.6) is 0 Å². The Morgan fingerprint density at radius 1 is 1.48 bits per heavy atom. The number of rotatable bonds is 7. The smallest absolute Gasteiger partial charge is 0.352 e. The van der Waals surface area contributed by atoms with Crippen molar-refractivity contribution in [3.63, 3.8) is 0 Å². The van der Waals surface area contributed by atoms with Gasteiger partial charge in [-0.15, -0.1) is 0 Å². The molecule has 2 rings (SSSR count). The largest absolute Gasteiger partial charge is 0.477 e. The molecule has 1 fully saturated rings. The van der Waals surface area contributed by atoms with Gasteiger partial charge < -0.3 is 14.4 Å². The summed E-state index contributed by atoms with van der Waals surface area (Å²) in [6, 6.07) is 1.04. The Kier molecular flexibility index (Phi) is 4.70. The molecule has 0 saturated heterocycles. The number of carbonyl (C=O) groups is 1. The zero-order valence-corrected chi connectivity index (χ0v) is 12.9. The van der Waals surface area contributed by atoms with Gasteiger partial charge in [0.1, 0.15) is 10.6 Å². The van der Waals surface area contributed by atoms with E-state index in [1.165, 1.54) is 16.8 Å². The van der Waals surface area contributed by atoms with Gasteiger partial charge in [0.25, 0.3) is 0 Å². The van der Waals surface area contributed by atoms with Crippen LogP contribution in [0.15, 0.2) is 17.2 Å². The molecule has 0 bridgehead atoms. The lowest BCUT2D eigenvalue weighted by Crippen LogP contribution is -2.47. The Hall–Kier alpha value is -1.38. The van der Waals surface area contributed by atoms with E-state index in [-0.39, 0.29) is 22.7 Å². The van der Waals surface area contributed by atoms with Gasteiger partial charge in [-0.2, -0.15) is 0 Å². The third-order valence-electron chi connectivity index (χ3n) is 3.56. The third kappa shape index (κ3) is 3.45. The SMILES string of the molecule is CCOC1CC(NS(=O)(=O)c2cc(C(=O)O)n(CC)c2)C1. The molecule has 0 aromatic carbocycles. The van der Waals surface area contributed by atoms with Crippen molar-refractivity contribution in [3.8, 4) is 0 Å². The first-order valence-corrected chi connectivity index (χ1v) is 8.43. The maximum Gasteiger partial charge on any atom is 0.352 e. The monoisotopic (exact) mass is 316 g/mol. The normalized spacial score (nSPS) is 22.0. The van der Waals surface area contributed by atoms with Crippen LogP contribution in [0.3, 0.4) is 0 Å². The summed E-state index contributed by atoms with van der Waals surface area (Å²) in [5.41, 5.74) is -0.0290.